The number of carbonyl (C=O) groups is 3. The van der Waals surface area contributed by atoms with Crippen LogP contribution >= 0.6 is 0 Å². The molecular formula is C20H18N2O5. The van der Waals surface area contributed by atoms with Gasteiger partial charge < -0.3 is 19.7 Å². The van der Waals surface area contributed by atoms with Crippen LogP contribution in [-0.2, 0) is 9.53 Å². The first kappa shape index (κ1) is 17.1. The molecule has 138 valence electrons. The van der Waals surface area contributed by atoms with Gasteiger partial charge in [0, 0.05) is 6.54 Å². The molecule has 2 aromatic rings. The van der Waals surface area contributed by atoms with E-state index in [1.54, 1.807) is 12.1 Å². The molecule has 4 rings (SSSR count). The van der Waals surface area contributed by atoms with Gasteiger partial charge in [-0.3, -0.25) is 4.79 Å². The van der Waals surface area contributed by atoms with E-state index in [0.717, 1.165) is 25.1 Å². The summed E-state index contributed by atoms with van der Waals surface area (Å²) in [7, 11) is 1.30. The van der Waals surface area contributed by atoms with E-state index in [0.29, 0.717) is 22.6 Å². The molecule has 1 amide bonds. The van der Waals surface area contributed by atoms with Crippen LogP contribution in [-0.4, -0.2) is 37.5 Å². The molecular weight excluding hydrogens is 348 g/mol. The molecule has 7 nitrogen and oxygen atoms in total. The number of carbonyl (C=O) groups excluding carboxylic acids is 3. The molecule has 2 aromatic carbocycles. The Morgan fingerprint density at radius 1 is 1.07 bits per heavy atom. The second kappa shape index (κ2) is 6.75. The average Bonchev–Trinajstić information content (AvgIpc) is 3.18. The summed E-state index contributed by atoms with van der Waals surface area (Å²) in [5.74, 6) is -0.724. The summed E-state index contributed by atoms with van der Waals surface area (Å²) in [6.45, 7) is 0.835. The topological polar surface area (TPSA) is 84.9 Å². The Hall–Kier alpha value is -3.35. The Morgan fingerprint density at radius 3 is 2.56 bits per heavy atom. The molecule has 0 spiro atoms. The zero-order chi connectivity index (χ0) is 19.0. The highest BCUT2D eigenvalue weighted by atomic mass is 16.5. The second-order valence-corrected chi connectivity index (χ2v) is 6.48. The maximum absolute atomic E-state index is 12.4. The van der Waals surface area contributed by atoms with Crippen molar-refractivity contribution in [1.82, 2.24) is 0 Å². The smallest absolute Gasteiger partial charge is 0.343 e. The van der Waals surface area contributed by atoms with Crippen molar-refractivity contribution in [3.63, 3.8) is 0 Å². The highest BCUT2D eigenvalue weighted by Gasteiger charge is 2.36. The molecule has 0 aromatic heterocycles. The molecule has 0 bridgehead atoms. The molecule has 1 N–H and O–H groups in total. The Labute approximate surface area is 155 Å². The van der Waals surface area contributed by atoms with Gasteiger partial charge in [0.25, 0.3) is 0 Å². The Balaban J connectivity index is 1.52. The molecule has 2 aliphatic rings. The van der Waals surface area contributed by atoms with Gasteiger partial charge in [-0.1, -0.05) is 0 Å². The predicted octanol–water partition coefficient (Wildman–Crippen LogP) is 2.61. The first-order chi connectivity index (χ1) is 13.1. The minimum atomic E-state index is -0.540. The van der Waals surface area contributed by atoms with Gasteiger partial charge in [0.15, 0.2) is 0 Å². The number of hydrogen-bond acceptors (Lipinski definition) is 6. The fraction of sp³-hybridized carbons (Fsp3) is 0.250. The predicted molar refractivity (Wildman–Crippen MR) is 98.2 cm³/mol. The molecule has 0 unspecified atom stereocenters. The summed E-state index contributed by atoms with van der Waals surface area (Å²) < 4.78 is 9.99. The standard InChI is InChI=1S/C20H18N2O5/c1-26-19(24)12-4-7-14(8-5-12)27-20(25)13-6-9-16-15(11-13)21-18(23)17-3-2-10-22(16)17/h4-9,11,17H,2-3,10H2,1H3,(H,21,23)/t17-/m0/s1. The minimum absolute atomic E-state index is 0.0380. The lowest BCUT2D eigenvalue weighted by atomic mass is 10.1. The molecule has 0 saturated carbocycles. The SMILES string of the molecule is COC(=O)c1ccc(OC(=O)c2ccc3c(c2)NC(=O)[C@@H]2CCCN32)cc1. The van der Waals surface area contributed by atoms with E-state index in [2.05, 4.69) is 15.0 Å². The van der Waals surface area contributed by atoms with E-state index in [1.165, 1.54) is 31.4 Å². The van der Waals surface area contributed by atoms with E-state index < -0.39 is 11.9 Å². The van der Waals surface area contributed by atoms with Crippen LogP contribution in [0.5, 0.6) is 5.75 Å². The van der Waals surface area contributed by atoms with E-state index in [-0.39, 0.29) is 11.9 Å². The summed E-state index contributed by atoms with van der Waals surface area (Å²) in [5.41, 5.74) is 2.25. The van der Waals surface area contributed by atoms with Gasteiger partial charge in [-0.15, -0.1) is 0 Å². The van der Waals surface area contributed by atoms with E-state index in [1.807, 2.05) is 6.07 Å². The fourth-order valence-electron chi connectivity index (χ4n) is 3.50. The lowest BCUT2D eigenvalue weighted by Crippen LogP contribution is -2.43. The minimum Gasteiger partial charge on any atom is -0.465 e. The highest BCUT2D eigenvalue weighted by Crippen LogP contribution is 2.37. The molecule has 2 heterocycles. The van der Waals surface area contributed by atoms with Crippen molar-refractivity contribution < 1.29 is 23.9 Å². The number of fused-ring (bicyclic) bond motifs is 3. The molecule has 0 aliphatic carbocycles. The Kier molecular flexibility index (Phi) is 4.27. The molecule has 1 fully saturated rings. The summed E-state index contributed by atoms with van der Waals surface area (Å²) in [5, 5.41) is 2.88. The second-order valence-electron chi connectivity index (χ2n) is 6.48. The number of esters is 2. The quantitative estimate of drug-likeness (QED) is 0.664. The van der Waals surface area contributed by atoms with Gasteiger partial charge in [0.2, 0.25) is 5.91 Å². The largest absolute Gasteiger partial charge is 0.465 e. The maximum atomic E-state index is 12.4. The third-order valence-corrected chi connectivity index (χ3v) is 4.84. The van der Waals surface area contributed by atoms with Gasteiger partial charge >= 0.3 is 11.9 Å². The van der Waals surface area contributed by atoms with Crippen LogP contribution in [0.1, 0.15) is 33.6 Å². The summed E-state index contributed by atoms with van der Waals surface area (Å²) >= 11 is 0. The molecule has 2 aliphatic heterocycles. The van der Waals surface area contributed by atoms with Crippen molar-refractivity contribution in [2.75, 3.05) is 23.9 Å². The van der Waals surface area contributed by atoms with Gasteiger partial charge in [-0.05, 0) is 55.3 Å². The number of nitrogens with zero attached hydrogens (tertiary/aromatic N) is 1. The van der Waals surface area contributed by atoms with Crippen LogP contribution in [0.4, 0.5) is 11.4 Å². The van der Waals surface area contributed by atoms with E-state index >= 15 is 0 Å². The van der Waals surface area contributed by atoms with E-state index in [9.17, 15) is 14.4 Å². The first-order valence-electron chi connectivity index (χ1n) is 8.69. The first-order valence-corrected chi connectivity index (χ1v) is 8.69. The number of hydrogen-bond donors (Lipinski definition) is 1. The zero-order valence-corrected chi connectivity index (χ0v) is 14.7. The van der Waals surface area contributed by atoms with Crippen molar-refractivity contribution in [3.8, 4) is 5.75 Å². The monoisotopic (exact) mass is 366 g/mol. The normalized spacial score (nSPS) is 17.6. The number of amides is 1. The van der Waals surface area contributed by atoms with E-state index in [4.69, 9.17) is 4.74 Å². The van der Waals surface area contributed by atoms with Gasteiger partial charge in [-0.25, -0.2) is 9.59 Å². The van der Waals surface area contributed by atoms with Crippen molar-refractivity contribution in [2.45, 2.75) is 18.9 Å². The lowest BCUT2D eigenvalue weighted by molar-refractivity contribution is -0.117. The van der Waals surface area contributed by atoms with Gasteiger partial charge in [0.05, 0.1) is 29.6 Å². The summed E-state index contributed by atoms with van der Waals surface area (Å²) in [6, 6.07) is 11.1. The molecule has 0 radical (unpaired) electrons. The van der Waals surface area contributed by atoms with Crippen LogP contribution in [0.3, 0.4) is 0 Å². The fourth-order valence-corrected chi connectivity index (χ4v) is 3.50. The van der Waals surface area contributed by atoms with Crippen molar-refractivity contribution >= 4 is 29.2 Å². The molecule has 7 heteroatoms. The van der Waals surface area contributed by atoms with Crippen molar-refractivity contribution in [3.05, 3.63) is 53.6 Å². The number of benzene rings is 2. The molecule has 1 saturated heterocycles. The third-order valence-electron chi connectivity index (χ3n) is 4.84. The Morgan fingerprint density at radius 2 is 1.81 bits per heavy atom. The van der Waals surface area contributed by atoms with Crippen LogP contribution in [0.2, 0.25) is 0 Å². The van der Waals surface area contributed by atoms with Crippen LogP contribution in [0.15, 0.2) is 42.5 Å². The van der Waals surface area contributed by atoms with Crippen LogP contribution < -0.4 is 15.0 Å². The van der Waals surface area contributed by atoms with Gasteiger partial charge in [0.1, 0.15) is 11.8 Å². The van der Waals surface area contributed by atoms with Gasteiger partial charge in [-0.2, -0.15) is 0 Å². The molecule has 1 atom stereocenters. The van der Waals surface area contributed by atoms with Crippen molar-refractivity contribution in [1.29, 1.82) is 0 Å². The maximum Gasteiger partial charge on any atom is 0.343 e. The number of methoxy groups -OCH3 is 1. The third kappa shape index (κ3) is 3.12. The van der Waals surface area contributed by atoms with Crippen LogP contribution in [0.25, 0.3) is 0 Å². The summed E-state index contributed by atoms with van der Waals surface area (Å²) in [6.07, 6.45) is 1.82. The highest BCUT2D eigenvalue weighted by molar-refractivity contribution is 6.05. The van der Waals surface area contributed by atoms with Crippen LogP contribution in [0, 0.1) is 0 Å². The number of rotatable bonds is 3. The number of anilines is 2. The average molecular weight is 366 g/mol. The Bertz CT molecular complexity index is 922. The number of ether oxygens (including phenoxy) is 2. The summed E-state index contributed by atoms with van der Waals surface area (Å²) in [4.78, 5) is 38.2. The lowest BCUT2D eigenvalue weighted by Gasteiger charge is -2.33. The van der Waals surface area contributed by atoms with Crippen molar-refractivity contribution in [2.24, 2.45) is 0 Å². The zero-order valence-electron chi connectivity index (χ0n) is 14.7. The molecule has 27 heavy (non-hydrogen) atoms. The number of nitrogens with one attached hydrogen (secondary N) is 1.